The van der Waals surface area contributed by atoms with E-state index in [1.807, 2.05) is 31.2 Å². The van der Waals surface area contributed by atoms with Gasteiger partial charge in [-0.2, -0.15) is 0 Å². The fraction of sp³-hybridized carbons (Fsp3) is 0.677. The number of benzene rings is 1. The third-order valence-corrected chi connectivity index (χ3v) is 6.62. The molecule has 6 heteroatoms. The number of hydrogen-bond acceptors (Lipinski definition) is 5. The van der Waals surface area contributed by atoms with Crippen molar-refractivity contribution < 1.29 is 23.8 Å². The molecule has 0 bridgehead atoms. The number of oxazole rings is 1. The maximum atomic E-state index is 11.1. The summed E-state index contributed by atoms with van der Waals surface area (Å²) in [6.07, 6.45) is 21.5. The van der Waals surface area contributed by atoms with Crippen LogP contribution in [0, 0.1) is 0 Å². The van der Waals surface area contributed by atoms with Crippen molar-refractivity contribution in [1.82, 2.24) is 4.98 Å². The third kappa shape index (κ3) is 13.6. The van der Waals surface area contributed by atoms with Gasteiger partial charge in [0.15, 0.2) is 0 Å². The summed E-state index contributed by atoms with van der Waals surface area (Å²) in [6.45, 7) is 5.20. The van der Waals surface area contributed by atoms with Gasteiger partial charge in [0.1, 0.15) is 11.4 Å². The highest BCUT2D eigenvalue weighted by Gasteiger charge is 2.18. The molecule has 1 N–H and O–H groups in total. The predicted molar refractivity (Wildman–Crippen MR) is 149 cm³/mol. The lowest BCUT2D eigenvalue weighted by Crippen LogP contribution is -2.03. The number of carbonyl (C=O) groups is 1. The molecule has 1 heterocycles. The van der Waals surface area contributed by atoms with Crippen LogP contribution < -0.4 is 9.47 Å². The molecule has 2 rings (SSSR count). The minimum atomic E-state index is -0.973. The summed E-state index contributed by atoms with van der Waals surface area (Å²) in [5.41, 5.74) is 1.06. The van der Waals surface area contributed by atoms with Crippen molar-refractivity contribution in [3.63, 3.8) is 0 Å². The Labute approximate surface area is 224 Å². The fourth-order valence-corrected chi connectivity index (χ4v) is 4.49. The molecule has 0 spiro atoms. The van der Waals surface area contributed by atoms with Gasteiger partial charge in [-0.1, -0.05) is 103 Å². The first kappa shape index (κ1) is 30.7. The zero-order chi connectivity index (χ0) is 26.6. The van der Waals surface area contributed by atoms with Gasteiger partial charge in [0, 0.05) is 5.56 Å². The number of carboxylic acid groups (broad SMARTS) is 1. The van der Waals surface area contributed by atoms with Gasteiger partial charge in [0.2, 0.25) is 5.89 Å². The van der Waals surface area contributed by atoms with E-state index in [2.05, 4.69) is 11.9 Å². The van der Waals surface area contributed by atoms with Gasteiger partial charge in [-0.15, -0.1) is 0 Å². The summed E-state index contributed by atoms with van der Waals surface area (Å²) in [4.78, 5) is 15.4. The lowest BCUT2D eigenvalue weighted by atomic mass is 10.0. The van der Waals surface area contributed by atoms with E-state index in [0.29, 0.717) is 24.8 Å². The van der Waals surface area contributed by atoms with Crippen molar-refractivity contribution >= 4 is 5.97 Å². The van der Waals surface area contributed by atoms with E-state index in [1.54, 1.807) is 0 Å². The second-order valence-corrected chi connectivity index (χ2v) is 9.93. The van der Waals surface area contributed by atoms with Crippen molar-refractivity contribution in [2.75, 3.05) is 13.2 Å². The van der Waals surface area contributed by atoms with E-state index >= 15 is 0 Å². The van der Waals surface area contributed by atoms with Crippen molar-refractivity contribution in [2.45, 2.75) is 123 Å². The van der Waals surface area contributed by atoms with E-state index in [9.17, 15) is 4.79 Å². The molecule has 0 amide bonds. The molecule has 0 aliphatic heterocycles. The lowest BCUT2D eigenvalue weighted by Gasteiger charge is -2.07. The van der Waals surface area contributed by atoms with E-state index in [1.165, 1.54) is 96.3 Å². The number of carboxylic acids is 1. The number of aromatic nitrogens is 1. The molecule has 0 aliphatic carbocycles. The molecule has 1 aromatic heterocycles. The molecule has 1 aromatic carbocycles. The summed E-state index contributed by atoms with van der Waals surface area (Å²) in [7, 11) is 0. The molecule has 0 radical (unpaired) electrons. The highest BCUT2D eigenvalue weighted by molar-refractivity contribution is 5.70. The average molecular weight is 516 g/mol. The molecule has 37 heavy (non-hydrogen) atoms. The Morgan fingerprint density at radius 3 is 1.76 bits per heavy atom. The van der Waals surface area contributed by atoms with Gasteiger partial charge in [0.05, 0.1) is 19.6 Å². The molecule has 0 saturated heterocycles. The molecule has 208 valence electrons. The Balaban J connectivity index is 1.50. The van der Waals surface area contributed by atoms with Crippen LogP contribution in [0.3, 0.4) is 0 Å². The first-order chi connectivity index (χ1) is 18.1. The topological polar surface area (TPSA) is 81.8 Å². The molecular weight excluding hydrogens is 466 g/mol. The van der Waals surface area contributed by atoms with Crippen molar-refractivity contribution in [1.29, 1.82) is 0 Å². The summed E-state index contributed by atoms with van der Waals surface area (Å²) < 4.78 is 16.9. The van der Waals surface area contributed by atoms with Crippen molar-refractivity contribution in [2.24, 2.45) is 0 Å². The minimum Gasteiger partial charge on any atom is -0.494 e. The zero-order valence-electron chi connectivity index (χ0n) is 23.3. The van der Waals surface area contributed by atoms with Crippen LogP contribution in [-0.4, -0.2) is 29.3 Å². The monoisotopic (exact) mass is 515 g/mol. The molecular formula is C31H49NO5. The summed E-state index contributed by atoms with van der Waals surface area (Å²) in [5.74, 6) is 0.360. The first-order valence-electron chi connectivity index (χ1n) is 14.7. The normalized spacial score (nSPS) is 11.1. The van der Waals surface area contributed by atoms with Gasteiger partial charge in [-0.3, -0.25) is 4.79 Å². The molecule has 0 aliphatic rings. The standard InChI is InChI=1S/C31H49NO5/c1-3-5-6-7-8-9-10-11-12-13-14-15-16-17-18-19-24-36-27-22-20-26(21-23-27)30-32-28(25-29(33)34)31(37-30)35-4-2/h20-23H,3-19,24-25H2,1-2H3,(H,33,34). The van der Waals surface area contributed by atoms with Crippen molar-refractivity contribution in [3.8, 4) is 23.1 Å². The van der Waals surface area contributed by atoms with Gasteiger partial charge in [-0.05, 0) is 37.6 Å². The number of ether oxygens (including phenoxy) is 2. The lowest BCUT2D eigenvalue weighted by molar-refractivity contribution is -0.136. The predicted octanol–water partition coefficient (Wildman–Crippen LogP) is 9.01. The van der Waals surface area contributed by atoms with Gasteiger partial charge < -0.3 is 19.0 Å². The van der Waals surface area contributed by atoms with E-state index in [-0.39, 0.29) is 12.4 Å². The van der Waals surface area contributed by atoms with Crippen LogP contribution in [0.1, 0.15) is 122 Å². The van der Waals surface area contributed by atoms with E-state index in [0.717, 1.165) is 17.7 Å². The van der Waals surface area contributed by atoms with Gasteiger partial charge >= 0.3 is 11.9 Å². The average Bonchev–Trinajstić information content (AvgIpc) is 3.28. The van der Waals surface area contributed by atoms with Crippen LogP contribution in [-0.2, 0) is 11.2 Å². The van der Waals surface area contributed by atoms with Gasteiger partial charge in [0.25, 0.3) is 0 Å². The number of hydrogen-bond donors (Lipinski definition) is 1. The van der Waals surface area contributed by atoms with E-state index < -0.39 is 5.97 Å². The van der Waals surface area contributed by atoms with Crippen molar-refractivity contribution in [3.05, 3.63) is 30.0 Å². The molecule has 0 fully saturated rings. The number of aliphatic carboxylic acids is 1. The second kappa shape index (κ2) is 19.6. The third-order valence-electron chi connectivity index (χ3n) is 6.62. The number of unbranched alkanes of at least 4 members (excludes halogenated alkanes) is 15. The Hall–Kier alpha value is -2.50. The highest BCUT2D eigenvalue weighted by atomic mass is 16.6. The van der Waals surface area contributed by atoms with Crippen LogP contribution in [0.4, 0.5) is 0 Å². The van der Waals surface area contributed by atoms with Gasteiger partial charge in [-0.25, -0.2) is 4.98 Å². The number of rotatable bonds is 23. The molecule has 6 nitrogen and oxygen atoms in total. The number of nitrogens with zero attached hydrogens (tertiary/aromatic N) is 1. The fourth-order valence-electron chi connectivity index (χ4n) is 4.49. The smallest absolute Gasteiger partial charge is 0.309 e. The minimum absolute atomic E-state index is 0.170. The highest BCUT2D eigenvalue weighted by Crippen LogP contribution is 2.29. The summed E-state index contributed by atoms with van der Waals surface area (Å²) in [6, 6.07) is 7.52. The van der Waals surface area contributed by atoms with Crippen LogP contribution in [0.5, 0.6) is 11.7 Å². The SMILES string of the molecule is CCCCCCCCCCCCCCCCCCOc1ccc(-c2nc(CC(=O)O)c(OCC)o2)cc1. The van der Waals surface area contributed by atoms with Crippen LogP contribution >= 0.6 is 0 Å². The maximum absolute atomic E-state index is 11.1. The largest absolute Gasteiger partial charge is 0.494 e. The Morgan fingerprint density at radius 2 is 1.27 bits per heavy atom. The Bertz CT molecular complexity index is 846. The summed E-state index contributed by atoms with van der Waals surface area (Å²) in [5, 5.41) is 9.06. The maximum Gasteiger partial charge on any atom is 0.309 e. The Kier molecular flexibility index (Phi) is 16.3. The molecule has 0 saturated carbocycles. The quantitative estimate of drug-likeness (QED) is 0.149. The zero-order valence-corrected chi connectivity index (χ0v) is 23.3. The molecule has 2 aromatic rings. The second-order valence-electron chi connectivity index (χ2n) is 9.93. The van der Waals surface area contributed by atoms with Crippen LogP contribution in [0.2, 0.25) is 0 Å². The Morgan fingerprint density at radius 1 is 0.757 bits per heavy atom. The molecule has 0 atom stereocenters. The van der Waals surface area contributed by atoms with Crippen LogP contribution in [0.15, 0.2) is 28.7 Å². The first-order valence-corrected chi connectivity index (χ1v) is 14.7. The van der Waals surface area contributed by atoms with E-state index in [4.69, 9.17) is 19.0 Å². The summed E-state index contributed by atoms with van der Waals surface area (Å²) >= 11 is 0. The van der Waals surface area contributed by atoms with Crippen LogP contribution in [0.25, 0.3) is 11.5 Å². The molecule has 0 unspecified atom stereocenters.